The minimum Gasteiger partial charge on any atom is -0.405 e. The average molecular weight is 408 g/mol. The van der Waals surface area contributed by atoms with Gasteiger partial charge in [0.05, 0.1) is 17.1 Å². The van der Waals surface area contributed by atoms with Gasteiger partial charge in [0.15, 0.2) is 0 Å². The molecule has 0 aliphatic rings. The molecule has 7 nitrogen and oxygen atoms in total. The van der Waals surface area contributed by atoms with Crippen LogP contribution in [-0.4, -0.2) is 40.2 Å². The van der Waals surface area contributed by atoms with Gasteiger partial charge in [-0.1, -0.05) is 18.2 Å². The molecule has 0 bridgehead atoms. The molecule has 3 aromatic rings. The van der Waals surface area contributed by atoms with Gasteiger partial charge in [-0.25, -0.2) is 4.79 Å². The van der Waals surface area contributed by atoms with Gasteiger partial charge in [0.25, 0.3) is 0 Å². The van der Waals surface area contributed by atoms with Gasteiger partial charge in [0.2, 0.25) is 5.91 Å². The molecule has 2 aromatic carbocycles. The van der Waals surface area contributed by atoms with Crippen molar-refractivity contribution in [3.63, 3.8) is 0 Å². The molecule has 0 aliphatic heterocycles. The molecule has 0 fully saturated rings. The van der Waals surface area contributed by atoms with Crippen molar-refractivity contribution in [2.75, 3.05) is 12.4 Å². The normalized spacial score (nSPS) is 12.9. The molecule has 0 unspecified atom stereocenters. The number of amides is 1. The zero-order valence-corrected chi connectivity index (χ0v) is 15.6. The standard InChI is InChI=1S/C19H19F3N4O3/c1-11(17(27)23-13-7-8-14-15(9-13)25-18(28)24-14)26(2)10-12-5-3-4-6-16(12)29-19(20,21)22/h3-9,11H,10H2,1-2H3,(H,23,27)(H2,24,25,28)/t11-/m1/s1. The number of nitrogens with zero attached hydrogens (tertiary/aromatic N) is 1. The predicted octanol–water partition coefficient (Wildman–Crippen LogP) is 3.21. The molecule has 3 N–H and O–H groups in total. The van der Waals surface area contributed by atoms with Crippen LogP contribution in [0.5, 0.6) is 5.75 Å². The molecule has 1 heterocycles. The highest BCUT2D eigenvalue weighted by atomic mass is 19.4. The molecular weight excluding hydrogens is 389 g/mol. The number of likely N-dealkylation sites (N-methyl/N-ethyl adjacent to an activating group) is 1. The van der Waals surface area contributed by atoms with Crippen LogP contribution in [0, 0.1) is 0 Å². The van der Waals surface area contributed by atoms with Gasteiger partial charge in [-0.3, -0.25) is 9.69 Å². The highest BCUT2D eigenvalue weighted by molar-refractivity contribution is 5.96. The number of halogens is 3. The summed E-state index contributed by atoms with van der Waals surface area (Å²) in [6, 6.07) is 10.1. The van der Waals surface area contributed by atoms with Crippen molar-refractivity contribution in [2.24, 2.45) is 0 Å². The number of para-hydroxylation sites is 1. The van der Waals surface area contributed by atoms with Crippen LogP contribution in [0.4, 0.5) is 18.9 Å². The predicted molar refractivity (Wildman–Crippen MR) is 102 cm³/mol. The first-order valence-electron chi connectivity index (χ1n) is 8.69. The van der Waals surface area contributed by atoms with Gasteiger partial charge >= 0.3 is 12.1 Å². The Labute approximate surface area is 163 Å². The summed E-state index contributed by atoms with van der Waals surface area (Å²) in [4.78, 5) is 30.7. The Bertz CT molecular complexity index is 1070. The summed E-state index contributed by atoms with van der Waals surface area (Å²) in [5, 5.41) is 2.73. The summed E-state index contributed by atoms with van der Waals surface area (Å²) in [6.07, 6.45) is -4.80. The molecule has 0 spiro atoms. The first kappa shape index (κ1) is 20.5. The van der Waals surface area contributed by atoms with E-state index in [2.05, 4.69) is 20.0 Å². The maximum Gasteiger partial charge on any atom is 0.573 e. The summed E-state index contributed by atoms with van der Waals surface area (Å²) < 4.78 is 41.8. The smallest absolute Gasteiger partial charge is 0.405 e. The van der Waals surface area contributed by atoms with Crippen LogP contribution in [0.2, 0.25) is 0 Å². The second-order valence-electron chi connectivity index (χ2n) is 6.58. The number of hydrogen-bond acceptors (Lipinski definition) is 4. The van der Waals surface area contributed by atoms with Crippen LogP contribution in [-0.2, 0) is 11.3 Å². The number of carbonyl (C=O) groups excluding carboxylic acids is 1. The lowest BCUT2D eigenvalue weighted by Crippen LogP contribution is -2.39. The second-order valence-corrected chi connectivity index (χ2v) is 6.58. The lowest BCUT2D eigenvalue weighted by atomic mass is 10.1. The van der Waals surface area contributed by atoms with Crippen LogP contribution in [0.1, 0.15) is 12.5 Å². The Balaban J connectivity index is 1.68. The summed E-state index contributed by atoms with van der Waals surface area (Å²) >= 11 is 0. The van der Waals surface area contributed by atoms with Crippen molar-refractivity contribution >= 4 is 22.6 Å². The van der Waals surface area contributed by atoms with Gasteiger partial charge in [0.1, 0.15) is 5.75 Å². The number of alkyl halides is 3. The van der Waals surface area contributed by atoms with E-state index in [9.17, 15) is 22.8 Å². The zero-order chi connectivity index (χ0) is 21.2. The van der Waals surface area contributed by atoms with Crippen molar-refractivity contribution < 1.29 is 22.7 Å². The molecule has 10 heteroatoms. The molecule has 1 aromatic heterocycles. The maximum atomic E-state index is 12.6. The van der Waals surface area contributed by atoms with Crippen molar-refractivity contribution in [1.29, 1.82) is 0 Å². The van der Waals surface area contributed by atoms with E-state index in [0.29, 0.717) is 22.3 Å². The molecule has 0 aliphatic carbocycles. The minimum absolute atomic E-state index is 0.0744. The number of ether oxygens (including phenoxy) is 1. The molecule has 0 radical (unpaired) electrons. The number of anilines is 1. The molecule has 1 amide bonds. The topological polar surface area (TPSA) is 90.2 Å². The van der Waals surface area contributed by atoms with Crippen LogP contribution in [0.15, 0.2) is 47.3 Å². The van der Waals surface area contributed by atoms with E-state index in [1.54, 1.807) is 43.1 Å². The zero-order valence-electron chi connectivity index (χ0n) is 15.6. The Hall–Kier alpha value is -3.27. The number of fused-ring (bicyclic) bond motifs is 1. The van der Waals surface area contributed by atoms with Crippen LogP contribution < -0.4 is 15.7 Å². The number of H-pyrrole nitrogens is 2. The van der Waals surface area contributed by atoms with E-state index in [4.69, 9.17) is 0 Å². The van der Waals surface area contributed by atoms with Gasteiger partial charge in [-0.15, -0.1) is 13.2 Å². The Morgan fingerprint density at radius 1 is 1.17 bits per heavy atom. The number of imidazole rings is 1. The van der Waals surface area contributed by atoms with E-state index in [0.717, 1.165) is 0 Å². The summed E-state index contributed by atoms with van der Waals surface area (Å²) in [5.74, 6) is -0.653. The van der Waals surface area contributed by atoms with Crippen molar-refractivity contribution in [1.82, 2.24) is 14.9 Å². The van der Waals surface area contributed by atoms with Gasteiger partial charge in [-0.05, 0) is 38.2 Å². The number of nitrogens with one attached hydrogen (secondary N) is 3. The summed E-state index contributed by atoms with van der Waals surface area (Å²) in [5.41, 5.74) is 1.60. The van der Waals surface area contributed by atoms with Crippen LogP contribution >= 0.6 is 0 Å². The Morgan fingerprint density at radius 2 is 1.86 bits per heavy atom. The van der Waals surface area contributed by atoms with E-state index >= 15 is 0 Å². The monoisotopic (exact) mass is 408 g/mol. The Morgan fingerprint density at radius 3 is 2.59 bits per heavy atom. The largest absolute Gasteiger partial charge is 0.573 e. The van der Waals surface area contributed by atoms with Crippen molar-refractivity contribution in [3.05, 3.63) is 58.5 Å². The molecule has 0 saturated carbocycles. The number of rotatable bonds is 6. The number of benzene rings is 2. The SMILES string of the molecule is C[C@H](C(=O)Nc1ccc2[nH]c(=O)[nH]c2c1)N(C)Cc1ccccc1OC(F)(F)F. The number of carbonyl (C=O) groups is 1. The first-order chi connectivity index (χ1) is 13.6. The third-order valence-electron chi connectivity index (χ3n) is 4.44. The fraction of sp³-hybridized carbons (Fsp3) is 0.263. The molecular formula is C19H19F3N4O3. The molecule has 29 heavy (non-hydrogen) atoms. The van der Waals surface area contributed by atoms with E-state index in [1.165, 1.54) is 18.2 Å². The van der Waals surface area contributed by atoms with E-state index in [1.807, 2.05) is 0 Å². The number of hydrogen-bond donors (Lipinski definition) is 3. The third-order valence-corrected chi connectivity index (χ3v) is 4.44. The highest BCUT2D eigenvalue weighted by Gasteiger charge is 2.32. The molecule has 0 saturated heterocycles. The Kier molecular flexibility index (Phi) is 5.64. The van der Waals surface area contributed by atoms with Crippen molar-refractivity contribution in [2.45, 2.75) is 25.9 Å². The molecule has 3 rings (SSSR count). The first-order valence-corrected chi connectivity index (χ1v) is 8.69. The fourth-order valence-corrected chi connectivity index (χ4v) is 2.82. The number of aromatic nitrogens is 2. The summed E-state index contributed by atoms with van der Waals surface area (Å²) in [7, 11) is 1.63. The quantitative estimate of drug-likeness (QED) is 0.584. The summed E-state index contributed by atoms with van der Waals surface area (Å²) in [6.45, 7) is 1.71. The molecule has 1 atom stereocenters. The molecule has 154 valence electrons. The van der Waals surface area contributed by atoms with Gasteiger partial charge < -0.3 is 20.0 Å². The fourth-order valence-electron chi connectivity index (χ4n) is 2.82. The number of aromatic amines is 2. The minimum atomic E-state index is -4.80. The highest BCUT2D eigenvalue weighted by Crippen LogP contribution is 2.27. The second kappa shape index (κ2) is 8.00. The van der Waals surface area contributed by atoms with Crippen LogP contribution in [0.3, 0.4) is 0 Å². The van der Waals surface area contributed by atoms with Crippen molar-refractivity contribution in [3.8, 4) is 5.75 Å². The lowest BCUT2D eigenvalue weighted by molar-refractivity contribution is -0.275. The van der Waals surface area contributed by atoms with Gasteiger partial charge in [0, 0.05) is 17.8 Å². The van der Waals surface area contributed by atoms with Crippen LogP contribution in [0.25, 0.3) is 11.0 Å². The maximum absolute atomic E-state index is 12.6. The van der Waals surface area contributed by atoms with E-state index in [-0.39, 0.29) is 23.9 Å². The van der Waals surface area contributed by atoms with Gasteiger partial charge in [-0.2, -0.15) is 0 Å². The van der Waals surface area contributed by atoms with E-state index < -0.39 is 12.4 Å². The third kappa shape index (κ3) is 5.17. The average Bonchev–Trinajstić information content (AvgIpc) is 3.00. The lowest BCUT2D eigenvalue weighted by Gasteiger charge is -2.25.